The van der Waals surface area contributed by atoms with E-state index in [1.165, 1.54) is 0 Å². The third kappa shape index (κ3) is 2.70. The van der Waals surface area contributed by atoms with E-state index >= 15 is 0 Å². The van der Waals surface area contributed by atoms with Crippen LogP contribution in [0.15, 0.2) is 15.3 Å². The van der Waals surface area contributed by atoms with Crippen LogP contribution in [0.2, 0.25) is 0 Å². The van der Waals surface area contributed by atoms with Crippen molar-refractivity contribution in [1.82, 2.24) is 19.3 Å². The van der Waals surface area contributed by atoms with Crippen molar-refractivity contribution in [1.29, 1.82) is 0 Å². The van der Waals surface area contributed by atoms with E-state index in [1.807, 2.05) is 18.5 Å². The topological polar surface area (TPSA) is 52.7 Å². The largest absolute Gasteiger partial charge is 0.348 e. The molecule has 0 N–H and O–H groups in total. The molecule has 2 rings (SSSR count). The lowest BCUT2D eigenvalue weighted by Crippen LogP contribution is -2.27. The number of rotatable bonds is 4. The maximum Gasteiger partial charge on any atom is 0.348 e. The standard InChI is InChI=1S/C14H19BrN4O/c1-5-11-7-12(19(6-2)17-11)8-18-10(4)13(15)9(3)16-14(18)20/h7H,5-6,8H2,1-4H3. The fraction of sp³-hybridized carbons (Fsp3) is 0.500. The molecule has 20 heavy (non-hydrogen) atoms. The van der Waals surface area contributed by atoms with Gasteiger partial charge in [-0.3, -0.25) is 9.25 Å². The van der Waals surface area contributed by atoms with Crippen LogP contribution in [0.25, 0.3) is 0 Å². The van der Waals surface area contributed by atoms with Gasteiger partial charge in [-0.05, 0) is 49.2 Å². The molecule has 0 aliphatic rings. The van der Waals surface area contributed by atoms with Crippen molar-refractivity contribution in [3.8, 4) is 0 Å². The second-order valence-electron chi connectivity index (χ2n) is 4.76. The van der Waals surface area contributed by atoms with Gasteiger partial charge in [-0.25, -0.2) is 4.79 Å². The molecule has 0 atom stereocenters. The molecule has 0 aliphatic heterocycles. The molecule has 0 saturated heterocycles. The lowest BCUT2D eigenvalue weighted by Gasteiger charge is -2.12. The normalized spacial score (nSPS) is 11.1. The molecule has 2 aromatic heterocycles. The second kappa shape index (κ2) is 5.91. The van der Waals surface area contributed by atoms with Crippen LogP contribution < -0.4 is 5.69 Å². The van der Waals surface area contributed by atoms with Crippen LogP contribution in [0.5, 0.6) is 0 Å². The molecule has 0 spiro atoms. The van der Waals surface area contributed by atoms with E-state index in [1.54, 1.807) is 4.57 Å². The van der Waals surface area contributed by atoms with Gasteiger partial charge in [0.2, 0.25) is 0 Å². The Morgan fingerprint density at radius 2 is 2.00 bits per heavy atom. The van der Waals surface area contributed by atoms with Crippen LogP contribution in [0.3, 0.4) is 0 Å². The number of hydrogen-bond acceptors (Lipinski definition) is 3. The fourth-order valence-electron chi connectivity index (χ4n) is 2.21. The van der Waals surface area contributed by atoms with Crippen LogP contribution in [-0.2, 0) is 19.5 Å². The Hall–Kier alpha value is -1.43. The number of hydrogen-bond donors (Lipinski definition) is 0. The maximum atomic E-state index is 12.1. The minimum absolute atomic E-state index is 0.217. The molecular weight excluding hydrogens is 320 g/mol. The maximum absolute atomic E-state index is 12.1. The highest BCUT2D eigenvalue weighted by molar-refractivity contribution is 9.10. The average molecular weight is 339 g/mol. The number of aryl methyl sites for hydroxylation is 3. The van der Waals surface area contributed by atoms with Crippen LogP contribution in [0.4, 0.5) is 0 Å². The van der Waals surface area contributed by atoms with Crippen molar-refractivity contribution in [2.24, 2.45) is 0 Å². The second-order valence-corrected chi connectivity index (χ2v) is 5.55. The summed E-state index contributed by atoms with van der Waals surface area (Å²) >= 11 is 3.49. The highest BCUT2D eigenvalue weighted by Crippen LogP contribution is 2.18. The molecule has 0 fully saturated rings. The predicted octanol–water partition coefficient (Wildman–Crippen LogP) is 2.45. The molecule has 2 aromatic rings. The first-order chi connectivity index (χ1) is 9.47. The average Bonchev–Trinajstić information content (AvgIpc) is 2.83. The van der Waals surface area contributed by atoms with Gasteiger partial charge in [-0.2, -0.15) is 10.1 Å². The molecular formula is C14H19BrN4O. The number of aromatic nitrogens is 4. The van der Waals surface area contributed by atoms with Crippen LogP contribution >= 0.6 is 15.9 Å². The summed E-state index contributed by atoms with van der Waals surface area (Å²) in [5, 5.41) is 4.51. The van der Waals surface area contributed by atoms with E-state index in [9.17, 15) is 4.79 Å². The van der Waals surface area contributed by atoms with E-state index in [2.05, 4.69) is 45.9 Å². The number of halogens is 1. The van der Waals surface area contributed by atoms with E-state index in [0.29, 0.717) is 6.54 Å². The zero-order chi connectivity index (χ0) is 14.9. The molecule has 5 nitrogen and oxygen atoms in total. The first-order valence-electron chi connectivity index (χ1n) is 6.77. The Labute approximate surface area is 126 Å². The predicted molar refractivity (Wildman–Crippen MR) is 82.1 cm³/mol. The summed E-state index contributed by atoms with van der Waals surface area (Å²) < 4.78 is 4.51. The van der Waals surface area contributed by atoms with E-state index in [0.717, 1.165) is 40.2 Å². The first-order valence-corrected chi connectivity index (χ1v) is 7.56. The van der Waals surface area contributed by atoms with Gasteiger partial charge >= 0.3 is 5.69 Å². The van der Waals surface area contributed by atoms with Crippen LogP contribution in [0.1, 0.15) is 36.6 Å². The Bertz CT molecular complexity index is 687. The Kier molecular flexibility index (Phi) is 4.42. The van der Waals surface area contributed by atoms with Gasteiger partial charge in [-0.1, -0.05) is 6.92 Å². The molecule has 0 unspecified atom stereocenters. The van der Waals surface area contributed by atoms with Crippen molar-refractivity contribution in [2.75, 3.05) is 0 Å². The van der Waals surface area contributed by atoms with Crippen molar-refractivity contribution < 1.29 is 0 Å². The summed E-state index contributed by atoms with van der Waals surface area (Å²) in [4.78, 5) is 16.1. The van der Waals surface area contributed by atoms with E-state index in [4.69, 9.17) is 0 Å². The van der Waals surface area contributed by atoms with Crippen molar-refractivity contribution in [2.45, 2.75) is 47.2 Å². The highest BCUT2D eigenvalue weighted by Gasteiger charge is 2.12. The van der Waals surface area contributed by atoms with Crippen molar-refractivity contribution in [3.63, 3.8) is 0 Å². The third-order valence-electron chi connectivity index (χ3n) is 3.43. The van der Waals surface area contributed by atoms with Gasteiger partial charge in [0.15, 0.2) is 0 Å². The highest BCUT2D eigenvalue weighted by atomic mass is 79.9. The van der Waals surface area contributed by atoms with Gasteiger partial charge in [-0.15, -0.1) is 0 Å². The van der Waals surface area contributed by atoms with Gasteiger partial charge in [0, 0.05) is 12.2 Å². The third-order valence-corrected chi connectivity index (χ3v) is 4.58. The van der Waals surface area contributed by atoms with Gasteiger partial charge < -0.3 is 0 Å². The van der Waals surface area contributed by atoms with Gasteiger partial charge in [0.1, 0.15) is 0 Å². The Balaban J connectivity index is 2.47. The summed E-state index contributed by atoms with van der Waals surface area (Å²) in [5.74, 6) is 0. The molecule has 0 radical (unpaired) electrons. The first kappa shape index (κ1) is 15.0. The Morgan fingerprint density at radius 1 is 1.30 bits per heavy atom. The molecule has 2 heterocycles. The Morgan fingerprint density at radius 3 is 2.60 bits per heavy atom. The minimum atomic E-state index is -0.217. The molecule has 0 aliphatic carbocycles. The van der Waals surface area contributed by atoms with Crippen molar-refractivity contribution >= 4 is 15.9 Å². The lowest BCUT2D eigenvalue weighted by molar-refractivity contribution is 0.577. The fourth-order valence-corrected chi connectivity index (χ4v) is 2.52. The molecule has 0 amide bonds. The quantitative estimate of drug-likeness (QED) is 0.860. The smallest absolute Gasteiger partial charge is 0.289 e. The molecule has 6 heteroatoms. The summed E-state index contributed by atoms with van der Waals surface area (Å²) in [6, 6.07) is 2.06. The van der Waals surface area contributed by atoms with Crippen molar-refractivity contribution in [3.05, 3.63) is 43.8 Å². The molecule has 0 bridgehead atoms. The lowest BCUT2D eigenvalue weighted by atomic mass is 10.3. The summed E-state index contributed by atoms with van der Waals surface area (Å²) in [7, 11) is 0. The molecule has 108 valence electrons. The van der Waals surface area contributed by atoms with Crippen LogP contribution in [0, 0.1) is 13.8 Å². The van der Waals surface area contributed by atoms with E-state index in [-0.39, 0.29) is 5.69 Å². The number of nitrogens with zero attached hydrogens (tertiary/aromatic N) is 4. The zero-order valence-corrected chi connectivity index (χ0v) is 13.9. The zero-order valence-electron chi connectivity index (χ0n) is 12.3. The summed E-state index contributed by atoms with van der Waals surface area (Å²) in [6.07, 6.45) is 0.893. The SMILES string of the molecule is CCc1cc(Cn2c(C)c(Br)c(C)nc2=O)n(CC)n1. The monoisotopic (exact) mass is 338 g/mol. The van der Waals surface area contributed by atoms with Gasteiger partial charge in [0.05, 0.1) is 28.1 Å². The summed E-state index contributed by atoms with van der Waals surface area (Å²) in [6.45, 7) is 9.17. The van der Waals surface area contributed by atoms with E-state index < -0.39 is 0 Å². The van der Waals surface area contributed by atoms with Crippen LogP contribution in [-0.4, -0.2) is 19.3 Å². The van der Waals surface area contributed by atoms with Gasteiger partial charge in [0.25, 0.3) is 0 Å². The molecule has 0 aromatic carbocycles. The summed E-state index contributed by atoms with van der Waals surface area (Å²) in [5.41, 5.74) is 3.48. The minimum Gasteiger partial charge on any atom is -0.289 e. The molecule has 0 saturated carbocycles.